The number of aliphatic imine (C=N–C) groups is 1. The van der Waals surface area contributed by atoms with Crippen LogP contribution in [0.15, 0.2) is 35.3 Å². The van der Waals surface area contributed by atoms with Gasteiger partial charge in [0, 0.05) is 48.0 Å². The standard InChI is InChI=1S/C19H31N5O2S.HI/c1-2-21-19(23-17-8-11-24(12-9-17)14-18(20)25)22-10-13-27(26)15-16-6-4-3-5-7-16;/h3-7,17H,2,8-15H2,1H3,(H2,20,25)(H2,21,22,23);1H. The number of guanidine groups is 1. The molecular weight excluding hydrogens is 489 g/mol. The molecular formula is C19H32IN5O2S. The molecule has 9 heteroatoms. The number of nitrogens with zero attached hydrogens (tertiary/aromatic N) is 2. The van der Waals surface area contributed by atoms with E-state index in [4.69, 9.17) is 5.73 Å². The Kier molecular flexibility index (Phi) is 12.3. The lowest BCUT2D eigenvalue weighted by Crippen LogP contribution is -2.49. The van der Waals surface area contributed by atoms with Gasteiger partial charge in [0.05, 0.1) is 13.1 Å². The molecule has 1 amide bonds. The van der Waals surface area contributed by atoms with E-state index in [9.17, 15) is 9.00 Å². The Hall–Kier alpha value is -1.20. The Morgan fingerprint density at radius 2 is 1.96 bits per heavy atom. The number of hydrogen-bond acceptors (Lipinski definition) is 4. The molecule has 4 N–H and O–H groups in total. The summed E-state index contributed by atoms with van der Waals surface area (Å²) >= 11 is 0. The van der Waals surface area contributed by atoms with Crippen LogP contribution < -0.4 is 16.4 Å². The van der Waals surface area contributed by atoms with Crippen molar-refractivity contribution in [1.29, 1.82) is 0 Å². The lowest BCUT2D eigenvalue weighted by atomic mass is 10.1. The largest absolute Gasteiger partial charge is 0.369 e. The summed E-state index contributed by atoms with van der Waals surface area (Å²) in [6.07, 6.45) is 1.88. The Morgan fingerprint density at radius 1 is 1.29 bits per heavy atom. The normalized spacial score (nSPS) is 16.8. The number of halogens is 1. The summed E-state index contributed by atoms with van der Waals surface area (Å²) in [6.45, 7) is 5.35. The number of carbonyl (C=O) groups excluding carboxylic acids is 1. The average Bonchev–Trinajstić information content (AvgIpc) is 2.64. The van der Waals surface area contributed by atoms with Crippen molar-refractivity contribution in [1.82, 2.24) is 15.5 Å². The molecule has 1 fully saturated rings. The van der Waals surface area contributed by atoms with Gasteiger partial charge in [-0.25, -0.2) is 0 Å². The number of carbonyl (C=O) groups is 1. The van der Waals surface area contributed by atoms with Gasteiger partial charge in [0.25, 0.3) is 0 Å². The molecule has 1 atom stereocenters. The number of likely N-dealkylation sites (tertiary alicyclic amines) is 1. The van der Waals surface area contributed by atoms with Gasteiger partial charge in [-0.15, -0.1) is 24.0 Å². The first-order valence-electron chi connectivity index (χ1n) is 9.51. The summed E-state index contributed by atoms with van der Waals surface area (Å²) in [7, 11) is -0.922. The number of piperidine rings is 1. The third kappa shape index (κ3) is 9.83. The molecule has 1 aliphatic heterocycles. The van der Waals surface area contributed by atoms with Gasteiger partial charge >= 0.3 is 0 Å². The minimum absolute atomic E-state index is 0. The summed E-state index contributed by atoms with van der Waals surface area (Å²) < 4.78 is 12.2. The Labute approximate surface area is 187 Å². The van der Waals surface area contributed by atoms with Gasteiger partial charge in [-0.1, -0.05) is 30.3 Å². The number of amides is 1. The minimum atomic E-state index is -0.922. The van der Waals surface area contributed by atoms with Gasteiger partial charge in [0.2, 0.25) is 5.91 Å². The van der Waals surface area contributed by atoms with Crippen molar-refractivity contribution < 1.29 is 9.00 Å². The van der Waals surface area contributed by atoms with E-state index >= 15 is 0 Å². The zero-order chi connectivity index (χ0) is 19.5. The zero-order valence-electron chi connectivity index (χ0n) is 16.4. The molecule has 1 aliphatic rings. The summed E-state index contributed by atoms with van der Waals surface area (Å²) in [6, 6.07) is 10.2. The van der Waals surface area contributed by atoms with E-state index in [0.717, 1.165) is 44.0 Å². The molecule has 0 spiro atoms. The van der Waals surface area contributed by atoms with Crippen LogP contribution in [0.25, 0.3) is 0 Å². The first-order valence-corrected chi connectivity index (χ1v) is 11.0. The third-order valence-electron chi connectivity index (χ3n) is 4.41. The number of primary amides is 1. The van der Waals surface area contributed by atoms with Crippen LogP contribution in [0.4, 0.5) is 0 Å². The molecule has 1 aromatic carbocycles. The maximum absolute atomic E-state index is 12.2. The first kappa shape index (κ1) is 24.8. The molecule has 0 aliphatic carbocycles. The lowest BCUT2D eigenvalue weighted by Gasteiger charge is -2.32. The predicted molar refractivity (Wildman–Crippen MR) is 126 cm³/mol. The Bertz CT molecular complexity index is 636. The fourth-order valence-electron chi connectivity index (χ4n) is 3.06. The monoisotopic (exact) mass is 521 g/mol. The summed E-state index contributed by atoms with van der Waals surface area (Å²) in [5.41, 5.74) is 6.35. The van der Waals surface area contributed by atoms with Gasteiger partial charge in [0.15, 0.2) is 5.96 Å². The van der Waals surface area contributed by atoms with Gasteiger partial charge < -0.3 is 16.4 Å². The molecule has 0 bridgehead atoms. The average molecular weight is 521 g/mol. The van der Waals surface area contributed by atoms with Crippen LogP contribution in [0.5, 0.6) is 0 Å². The van der Waals surface area contributed by atoms with E-state index in [2.05, 4.69) is 20.5 Å². The van der Waals surface area contributed by atoms with Crippen LogP contribution in [-0.4, -0.2) is 65.5 Å². The molecule has 1 unspecified atom stereocenters. The maximum atomic E-state index is 12.2. The summed E-state index contributed by atoms with van der Waals surface area (Å²) in [4.78, 5) is 17.7. The van der Waals surface area contributed by atoms with E-state index in [1.165, 1.54) is 0 Å². The van der Waals surface area contributed by atoms with Crippen LogP contribution in [-0.2, 0) is 21.3 Å². The number of rotatable bonds is 9. The van der Waals surface area contributed by atoms with E-state index in [0.29, 0.717) is 30.6 Å². The fourth-order valence-corrected chi connectivity index (χ4v) is 4.06. The molecule has 1 aromatic rings. The quantitative estimate of drug-likeness (QED) is 0.257. The van der Waals surface area contributed by atoms with Gasteiger partial charge in [0.1, 0.15) is 0 Å². The SMILES string of the molecule is CCNC(=NCCS(=O)Cc1ccccc1)NC1CCN(CC(N)=O)CC1.I. The molecule has 28 heavy (non-hydrogen) atoms. The molecule has 2 rings (SSSR count). The third-order valence-corrected chi connectivity index (χ3v) is 5.70. The second-order valence-electron chi connectivity index (χ2n) is 6.70. The highest BCUT2D eigenvalue weighted by Gasteiger charge is 2.20. The number of nitrogens with one attached hydrogen (secondary N) is 2. The Balaban J connectivity index is 0.00000392. The molecule has 7 nitrogen and oxygen atoms in total. The van der Waals surface area contributed by atoms with E-state index in [1.807, 2.05) is 37.3 Å². The van der Waals surface area contributed by atoms with Crippen molar-refractivity contribution in [3.63, 3.8) is 0 Å². The zero-order valence-corrected chi connectivity index (χ0v) is 19.6. The molecule has 0 saturated carbocycles. The highest BCUT2D eigenvalue weighted by atomic mass is 127. The Morgan fingerprint density at radius 3 is 2.57 bits per heavy atom. The second-order valence-corrected chi connectivity index (χ2v) is 8.27. The fraction of sp³-hybridized carbons (Fsp3) is 0.579. The van der Waals surface area contributed by atoms with Crippen LogP contribution >= 0.6 is 24.0 Å². The second kappa shape index (κ2) is 13.9. The smallest absolute Gasteiger partial charge is 0.231 e. The van der Waals surface area contributed by atoms with Crippen LogP contribution in [0.3, 0.4) is 0 Å². The number of hydrogen-bond donors (Lipinski definition) is 3. The highest BCUT2D eigenvalue weighted by molar-refractivity contribution is 14.0. The van der Waals surface area contributed by atoms with Gasteiger partial charge in [-0.05, 0) is 25.3 Å². The van der Waals surface area contributed by atoms with Crippen LogP contribution in [0.1, 0.15) is 25.3 Å². The molecule has 0 aromatic heterocycles. The summed E-state index contributed by atoms with van der Waals surface area (Å²) in [5, 5.41) is 6.70. The van der Waals surface area contributed by atoms with Crippen molar-refractivity contribution >= 4 is 46.6 Å². The van der Waals surface area contributed by atoms with Crippen molar-refractivity contribution in [2.75, 3.05) is 38.5 Å². The molecule has 158 valence electrons. The van der Waals surface area contributed by atoms with Gasteiger partial charge in [-0.3, -0.25) is 18.9 Å². The van der Waals surface area contributed by atoms with Crippen LogP contribution in [0, 0.1) is 0 Å². The van der Waals surface area contributed by atoms with E-state index in [-0.39, 0.29) is 29.9 Å². The summed E-state index contributed by atoms with van der Waals surface area (Å²) in [5.74, 6) is 1.60. The first-order chi connectivity index (χ1) is 13.1. The van der Waals surface area contributed by atoms with Crippen molar-refractivity contribution in [3.8, 4) is 0 Å². The molecule has 1 heterocycles. The maximum Gasteiger partial charge on any atom is 0.231 e. The van der Waals surface area contributed by atoms with E-state index < -0.39 is 10.8 Å². The van der Waals surface area contributed by atoms with Crippen LogP contribution in [0.2, 0.25) is 0 Å². The lowest BCUT2D eigenvalue weighted by molar-refractivity contribution is -0.119. The number of benzene rings is 1. The highest BCUT2D eigenvalue weighted by Crippen LogP contribution is 2.09. The number of nitrogens with two attached hydrogens (primary N) is 1. The van der Waals surface area contributed by atoms with Crippen molar-refractivity contribution in [2.24, 2.45) is 10.7 Å². The molecule has 0 radical (unpaired) electrons. The topological polar surface area (TPSA) is 99.8 Å². The van der Waals surface area contributed by atoms with Crippen molar-refractivity contribution in [2.45, 2.75) is 31.6 Å². The van der Waals surface area contributed by atoms with Crippen molar-refractivity contribution in [3.05, 3.63) is 35.9 Å². The van der Waals surface area contributed by atoms with E-state index in [1.54, 1.807) is 0 Å². The molecule has 1 saturated heterocycles. The van der Waals surface area contributed by atoms with Gasteiger partial charge in [-0.2, -0.15) is 0 Å². The minimum Gasteiger partial charge on any atom is -0.369 e. The predicted octanol–water partition coefficient (Wildman–Crippen LogP) is 1.06.